The molecule has 1 heterocycles. The number of carbonyl (C=O) groups excluding carboxylic acids is 2. The highest BCUT2D eigenvalue weighted by Gasteiger charge is 2.18. The third kappa shape index (κ3) is 9.10. The van der Waals surface area contributed by atoms with Gasteiger partial charge in [0.1, 0.15) is 12.4 Å². The third-order valence-electron chi connectivity index (χ3n) is 6.46. The first kappa shape index (κ1) is 28.6. The molecule has 1 saturated heterocycles. The van der Waals surface area contributed by atoms with Crippen molar-refractivity contribution in [2.24, 2.45) is 0 Å². The summed E-state index contributed by atoms with van der Waals surface area (Å²) in [5.74, 6) is 0.549. The van der Waals surface area contributed by atoms with Gasteiger partial charge < -0.3 is 24.6 Å². The molecular weight excluding hydrogens is 494 g/mol. The van der Waals surface area contributed by atoms with Crippen molar-refractivity contribution < 1.29 is 19.1 Å². The van der Waals surface area contributed by atoms with E-state index in [1.807, 2.05) is 18.2 Å². The summed E-state index contributed by atoms with van der Waals surface area (Å²) in [4.78, 5) is 31.4. The minimum Gasteiger partial charge on any atom is -0.495 e. The van der Waals surface area contributed by atoms with Gasteiger partial charge in [-0.1, -0.05) is 31.5 Å². The molecule has 9 nitrogen and oxygen atoms in total. The van der Waals surface area contributed by atoms with Crippen molar-refractivity contribution in [3.8, 4) is 5.75 Å². The van der Waals surface area contributed by atoms with Crippen molar-refractivity contribution in [2.45, 2.75) is 20.3 Å². The molecule has 0 aromatic heterocycles. The number of anilines is 3. The van der Waals surface area contributed by atoms with Crippen LogP contribution in [0.1, 0.15) is 20.3 Å². The summed E-state index contributed by atoms with van der Waals surface area (Å²) in [5.41, 5.74) is 2.38. The summed E-state index contributed by atoms with van der Waals surface area (Å²) in [6.07, 6.45) is -0.0627. The number of nitrogens with one attached hydrogen (secondary N) is 2. The van der Waals surface area contributed by atoms with Gasteiger partial charge in [-0.05, 0) is 49.5 Å². The van der Waals surface area contributed by atoms with Crippen LogP contribution in [0.2, 0.25) is 5.02 Å². The lowest BCUT2D eigenvalue weighted by Crippen LogP contribution is -2.47. The van der Waals surface area contributed by atoms with E-state index in [1.165, 1.54) is 7.11 Å². The normalized spacial score (nSPS) is 13.9. The zero-order valence-corrected chi connectivity index (χ0v) is 22.7. The highest BCUT2D eigenvalue weighted by atomic mass is 35.5. The van der Waals surface area contributed by atoms with Gasteiger partial charge in [-0.15, -0.1) is 0 Å². The van der Waals surface area contributed by atoms with Gasteiger partial charge >= 0.3 is 6.09 Å². The molecule has 3 rings (SSSR count). The quantitative estimate of drug-likeness (QED) is 0.420. The number of piperazine rings is 1. The van der Waals surface area contributed by atoms with Gasteiger partial charge in [0.25, 0.3) is 0 Å². The zero-order chi connectivity index (χ0) is 26.6. The number of halogens is 1. The number of ether oxygens (including phenoxy) is 2. The van der Waals surface area contributed by atoms with Crippen LogP contribution in [0.5, 0.6) is 5.75 Å². The van der Waals surface area contributed by atoms with Gasteiger partial charge in [0, 0.05) is 62.1 Å². The predicted octanol–water partition coefficient (Wildman–Crippen LogP) is 4.39. The Hall–Kier alpha value is -3.01. The maximum atomic E-state index is 12.4. The Kier molecular flexibility index (Phi) is 11.3. The van der Waals surface area contributed by atoms with Crippen LogP contribution < -0.4 is 20.3 Å². The number of rotatable bonds is 12. The van der Waals surface area contributed by atoms with Crippen molar-refractivity contribution in [1.82, 2.24) is 9.80 Å². The van der Waals surface area contributed by atoms with E-state index >= 15 is 0 Å². The smallest absolute Gasteiger partial charge is 0.411 e. The molecule has 37 heavy (non-hydrogen) atoms. The standard InChI is InChI=1S/C27H38ClN5O4/c1-4-31(5-2)12-11-26(34)29-22-7-6-8-23(20-22)33-15-13-32(14-16-33)17-18-37-27(35)30-24-19-21(28)9-10-25(24)36-3/h6-10,19-20H,4-5,11-18H2,1-3H3,(H,29,34)(H,30,35). The fourth-order valence-electron chi connectivity index (χ4n) is 4.22. The first-order valence-electron chi connectivity index (χ1n) is 12.8. The van der Waals surface area contributed by atoms with Gasteiger partial charge in [0.15, 0.2) is 0 Å². The Morgan fingerprint density at radius 3 is 2.49 bits per heavy atom. The van der Waals surface area contributed by atoms with Crippen LogP contribution in [0.15, 0.2) is 42.5 Å². The van der Waals surface area contributed by atoms with Crippen molar-refractivity contribution >= 4 is 40.7 Å². The van der Waals surface area contributed by atoms with Gasteiger partial charge in [-0.25, -0.2) is 4.79 Å². The third-order valence-corrected chi connectivity index (χ3v) is 6.69. The first-order valence-corrected chi connectivity index (χ1v) is 13.2. The van der Waals surface area contributed by atoms with E-state index < -0.39 is 6.09 Å². The second-order valence-corrected chi connectivity index (χ2v) is 9.25. The largest absolute Gasteiger partial charge is 0.495 e. The molecule has 0 aliphatic carbocycles. The van der Waals surface area contributed by atoms with Crippen LogP contribution in [0.4, 0.5) is 21.9 Å². The Labute approximate surface area is 224 Å². The van der Waals surface area contributed by atoms with Crippen LogP contribution in [-0.2, 0) is 9.53 Å². The summed E-state index contributed by atoms with van der Waals surface area (Å²) in [7, 11) is 1.53. The Morgan fingerprint density at radius 2 is 1.78 bits per heavy atom. The summed E-state index contributed by atoms with van der Waals surface area (Å²) >= 11 is 6.00. The molecule has 2 aromatic rings. The molecule has 202 valence electrons. The lowest BCUT2D eigenvalue weighted by molar-refractivity contribution is -0.116. The molecular formula is C27H38ClN5O4. The van der Waals surface area contributed by atoms with Crippen molar-refractivity contribution in [3.05, 3.63) is 47.5 Å². The predicted molar refractivity (Wildman–Crippen MR) is 149 cm³/mol. The summed E-state index contributed by atoms with van der Waals surface area (Å²) in [6.45, 7) is 11.2. The minimum atomic E-state index is -0.546. The zero-order valence-electron chi connectivity index (χ0n) is 22.0. The number of hydrogen-bond acceptors (Lipinski definition) is 7. The fourth-order valence-corrected chi connectivity index (χ4v) is 4.40. The van der Waals surface area contributed by atoms with Crippen molar-refractivity contribution in [2.75, 3.05) is 81.6 Å². The Bertz CT molecular complexity index is 1030. The number of benzene rings is 2. The number of amides is 2. The molecule has 1 aliphatic rings. The van der Waals surface area contributed by atoms with E-state index in [-0.39, 0.29) is 12.5 Å². The van der Waals surface area contributed by atoms with E-state index in [9.17, 15) is 9.59 Å². The van der Waals surface area contributed by atoms with Gasteiger partial charge in [-0.3, -0.25) is 15.0 Å². The molecule has 2 N–H and O–H groups in total. The SMILES string of the molecule is CCN(CC)CCC(=O)Nc1cccc(N2CCN(CCOC(=O)Nc3cc(Cl)ccc3OC)CC2)c1. The lowest BCUT2D eigenvalue weighted by Gasteiger charge is -2.36. The van der Waals surface area contributed by atoms with E-state index in [2.05, 4.69) is 45.2 Å². The molecule has 1 aliphatic heterocycles. The summed E-state index contributed by atoms with van der Waals surface area (Å²) in [6, 6.07) is 13.0. The fraction of sp³-hybridized carbons (Fsp3) is 0.481. The summed E-state index contributed by atoms with van der Waals surface area (Å²) < 4.78 is 10.6. The van der Waals surface area contributed by atoms with Crippen molar-refractivity contribution in [3.63, 3.8) is 0 Å². The molecule has 0 saturated carbocycles. The van der Waals surface area contributed by atoms with Crippen molar-refractivity contribution in [1.29, 1.82) is 0 Å². The maximum Gasteiger partial charge on any atom is 0.411 e. The van der Waals surface area contributed by atoms with Crippen LogP contribution in [0, 0.1) is 0 Å². The summed E-state index contributed by atoms with van der Waals surface area (Å²) in [5, 5.41) is 6.20. The van der Waals surface area contributed by atoms with E-state index in [1.54, 1.807) is 18.2 Å². The Balaban J connectivity index is 1.39. The van der Waals surface area contributed by atoms with Crippen LogP contribution in [0.25, 0.3) is 0 Å². The molecule has 2 amide bonds. The highest BCUT2D eigenvalue weighted by molar-refractivity contribution is 6.31. The maximum absolute atomic E-state index is 12.4. The Morgan fingerprint density at radius 1 is 1.03 bits per heavy atom. The van der Waals surface area contributed by atoms with Crippen LogP contribution >= 0.6 is 11.6 Å². The topological polar surface area (TPSA) is 86.4 Å². The number of nitrogens with zero attached hydrogens (tertiary/aromatic N) is 3. The molecule has 0 radical (unpaired) electrons. The second-order valence-electron chi connectivity index (χ2n) is 8.81. The molecule has 1 fully saturated rings. The van der Waals surface area contributed by atoms with Gasteiger partial charge in [-0.2, -0.15) is 0 Å². The number of hydrogen-bond donors (Lipinski definition) is 2. The first-order chi connectivity index (χ1) is 17.9. The monoisotopic (exact) mass is 531 g/mol. The molecule has 0 unspecified atom stereocenters. The molecule has 0 bridgehead atoms. The van der Waals surface area contributed by atoms with Gasteiger partial charge in [0.05, 0.1) is 12.8 Å². The molecule has 10 heteroatoms. The van der Waals surface area contributed by atoms with Crippen LogP contribution in [0.3, 0.4) is 0 Å². The number of methoxy groups -OCH3 is 1. The van der Waals surface area contributed by atoms with E-state index in [0.29, 0.717) is 29.4 Å². The van der Waals surface area contributed by atoms with E-state index in [0.717, 1.165) is 57.2 Å². The molecule has 2 aromatic carbocycles. The molecule has 0 spiro atoms. The van der Waals surface area contributed by atoms with E-state index in [4.69, 9.17) is 21.1 Å². The second kappa shape index (κ2) is 14.7. The van der Waals surface area contributed by atoms with Gasteiger partial charge in [0.2, 0.25) is 5.91 Å². The van der Waals surface area contributed by atoms with Crippen LogP contribution in [-0.4, -0.2) is 87.9 Å². The number of carbonyl (C=O) groups is 2. The lowest BCUT2D eigenvalue weighted by atomic mass is 10.2. The average Bonchev–Trinajstić information content (AvgIpc) is 2.90. The molecule has 0 atom stereocenters. The average molecular weight is 532 g/mol. The highest BCUT2D eigenvalue weighted by Crippen LogP contribution is 2.27. The minimum absolute atomic E-state index is 0.0340.